The number of rotatable bonds is 3. The van der Waals surface area contributed by atoms with Crippen molar-refractivity contribution < 1.29 is 4.39 Å². The van der Waals surface area contributed by atoms with Crippen LogP contribution in [-0.4, -0.2) is 35.1 Å². The summed E-state index contributed by atoms with van der Waals surface area (Å²) in [5.74, 6) is -0.253. The maximum Gasteiger partial charge on any atom is 0.141 e. The molecule has 0 aliphatic carbocycles. The summed E-state index contributed by atoms with van der Waals surface area (Å²) in [6.07, 6.45) is 9.45. The monoisotopic (exact) mass is 277 g/mol. The van der Waals surface area contributed by atoms with E-state index in [0.29, 0.717) is 6.04 Å². The first kappa shape index (κ1) is 14.0. The normalized spacial score (nSPS) is 32.0. The molecule has 2 saturated heterocycles. The topological polar surface area (TPSA) is 28.2 Å². The van der Waals surface area contributed by atoms with Crippen LogP contribution in [0.1, 0.15) is 50.6 Å². The lowest BCUT2D eigenvalue weighted by atomic mass is 9.82. The van der Waals surface area contributed by atoms with Crippen molar-refractivity contribution in [2.75, 3.05) is 7.05 Å². The zero-order chi connectivity index (χ0) is 14.1. The molecule has 0 amide bonds. The molecular weight excluding hydrogens is 253 g/mol. The summed E-state index contributed by atoms with van der Waals surface area (Å²) in [6.45, 7) is 2.10. The van der Waals surface area contributed by atoms with Gasteiger partial charge >= 0.3 is 0 Å². The van der Waals surface area contributed by atoms with Gasteiger partial charge in [0, 0.05) is 30.4 Å². The quantitative estimate of drug-likeness (QED) is 0.921. The Hall–Kier alpha value is -1.00. The number of nitrogens with one attached hydrogen (secondary N) is 1. The molecule has 1 aromatic heterocycles. The molecule has 110 valence electrons. The summed E-state index contributed by atoms with van der Waals surface area (Å²) in [5.41, 5.74) is 0.939. The van der Waals surface area contributed by atoms with Crippen LogP contribution < -0.4 is 5.32 Å². The molecule has 20 heavy (non-hydrogen) atoms. The van der Waals surface area contributed by atoms with E-state index in [4.69, 9.17) is 0 Å². The summed E-state index contributed by atoms with van der Waals surface area (Å²) in [4.78, 5) is 6.51. The number of piperidine rings is 2. The summed E-state index contributed by atoms with van der Waals surface area (Å²) in [6, 6.07) is 3.73. The molecule has 2 aliphatic rings. The first-order valence-electron chi connectivity index (χ1n) is 7.72. The van der Waals surface area contributed by atoms with Gasteiger partial charge in [0.2, 0.25) is 0 Å². The largest absolute Gasteiger partial charge is 0.307 e. The highest BCUT2D eigenvalue weighted by Crippen LogP contribution is 2.33. The van der Waals surface area contributed by atoms with Gasteiger partial charge in [-0.2, -0.15) is 0 Å². The van der Waals surface area contributed by atoms with Crippen LogP contribution in [0.5, 0.6) is 0 Å². The van der Waals surface area contributed by atoms with Crippen molar-refractivity contribution in [3.63, 3.8) is 0 Å². The van der Waals surface area contributed by atoms with E-state index in [1.54, 1.807) is 12.3 Å². The molecular formula is C16H24FN3. The van der Waals surface area contributed by atoms with Gasteiger partial charge in [0.1, 0.15) is 5.82 Å². The van der Waals surface area contributed by atoms with E-state index < -0.39 is 0 Å². The SMILES string of the molecule is CC(NC1CC2CCCC(C1)N2C)c1cncc(F)c1. The van der Waals surface area contributed by atoms with Gasteiger partial charge in [-0.1, -0.05) is 6.42 Å². The van der Waals surface area contributed by atoms with E-state index in [2.05, 4.69) is 29.2 Å². The van der Waals surface area contributed by atoms with Crippen LogP contribution in [0.2, 0.25) is 0 Å². The second-order valence-electron chi connectivity index (χ2n) is 6.40. The number of aromatic nitrogens is 1. The molecule has 4 heteroatoms. The molecule has 3 nitrogen and oxygen atoms in total. The highest BCUT2D eigenvalue weighted by molar-refractivity contribution is 5.14. The number of halogens is 1. The van der Waals surface area contributed by atoms with E-state index in [1.807, 2.05) is 0 Å². The predicted octanol–water partition coefficient (Wildman–Crippen LogP) is 2.89. The van der Waals surface area contributed by atoms with E-state index in [9.17, 15) is 4.39 Å². The maximum absolute atomic E-state index is 13.2. The minimum absolute atomic E-state index is 0.160. The van der Waals surface area contributed by atoms with Crippen molar-refractivity contribution in [2.45, 2.75) is 63.2 Å². The van der Waals surface area contributed by atoms with Crippen LogP contribution in [0.3, 0.4) is 0 Å². The van der Waals surface area contributed by atoms with Gasteiger partial charge in [-0.3, -0.25) is 4.98 Å². The van der Waals surface area contributed by atoms with Crippen LogP contribution in [0.25, 0.3) is 0 Å². The zero-order valence-electron chi connectivity index (χ0n) is 12.3. The molecule has 1 N–H and O–H groups in total. The molecule has 1 aromatic rings. The van der Waals surface area contributed by atoms with Crippen LogP contribution in [0.15, 0.2) is 18.5 Å². The Morgan fingerprint density at radius 2 is 2.00 bits per heavy atom. The maximum atomic E-state index is 13.2. The lowest BCUT2D eigenvalue weighted by molar-refractivity contribution is 0.0462. The van der Waals surface area contributed by atoms with Crippen molar-refractivity contribution in [1.29, 1.82) is 0 Å². The summed E-state index contributed by atoms with van der Waals surface area (Å²) in [7, 11) is 2.27. The van der Waals surface area contributed by atoms with Crippen LogP contribution in [0.4, 0.5) is 4.39 Å². The van der Waals surface area contributed by atoms with Crippen LogP contribution in [-0.2, 0) is 0 Å². The standard InChI is InChI=1S/C16H24FN3/c1-11(12-6-13(17)10-18-9-12)19-14-7-15-4-3-5-16(8-14)20(15)2/h6,9-11,14-16,19H,3-5,7-8H2,1-2H3. The molecule has 2 aliphatic heterocycles. The van der Waals surface area contributed by atoms with Gasteiger partial charge in [-0.15, -0.1) is 0 Å². The predicted molar refractivity (Wildman–Crippen MR) is 78.0 cm³/mol. The van der Waals surface area contributed by atoms with Gasteiger partial charge in [-0.25, -0.2) is 4.39 Å². The Labute approximate surface area is 120 Å². The molecule has 2 bridgehead atoms. The smallest absolute Gasteiger partial charge is 0.141 e. The van der Waals surface area contributed by atoms with Gasteiger partial charge in [-0.05, 0) is 51.3 Å². The van der Waals surface area contributed by atoms with Gasteiger partial charge < -0.3 is 10.2 Å². The summed E-state index contributed by atoms with van der Waals surface area (Å²) >= 11 is 0. The molecule has 3 atom stereocenters. The van der Waals surface area contributed by atoms with Crippen molar-refractivity contribution in [1.82, 2.24) is 15.2 Å². The summed E-state index contributed by atoms with van der Waals surface area (Å²) in [5, 5.41) is 3.68. The van der Waals surface area contributed by atoms with Gasteiger partial charge in [0.15, 0.2) is 0 Å². The lowest BCUT2D eigenvalue weighted by Crippen LogP contribution is -2.54. The number of fused-ring (bicyclic) bond motifs is 2. The van der Waals surface area contributed by atoms with E-state index in [-0.39, 0.29) is 11.9 Å². The molecule has 2 fully saturated rings. The molecule has 0 radical (unpaired) electrons. The fourth-order valence-corrected chi connectivity index (χ4v) is 3.87. The van der Waals surface area contributed by atoms with Crippen molar-refractivity contribution in [3.8, 4) is 0 Å². The Kier molecular flexibility index (Phi) is 4.03. The minimum atomic E-state index is -0.253. The van der Waals surface area contributed by atoms with Crippen molar-refractivity contribution in [2.24, 2.45) is 0 Å². The third-order valence-electron chi connectivity index (χ3n) is 5.05. The van der Waals surface area contributed by atoms with Crippen LogP contribution >= 0.6 is 0 Å². The third-order valence-corrected chi connectivity index (χ3v) is 5.05. The van der Waals surface area contributed by atoms with Crippen LogP contribution in [0, 0.1) is 5.82 Å². The average Bonchev–Trinajstić information content (AvgIpc) is 2.40. The zero-order valence-corrected chi connectivity index (χ0v) is 12.3. The van der Waals surface area contributed by atoms with E-state index in [1.165, 1.54) is 38.3 Å². The van der Waals surface area contributed by atoms with Crippen molar-refractivity contribution in [3.05, 3.63) is 29.8 Å². The number of hydrogen-bond donors (Lipinski definition) is 1. The fraction of sp³-hybridized carbons (Fsp3) is 0.688. The first-order chi connectivity index (χ1) is 9.63. The lowest BCUT2D eigenvalue weighted by Gasteiger charge is -2.47. The van der Waals surface area contributed by atoms with E-state index in [0.717, 1.165) is 17.6 Å². The molecule has 3 unspecified atom stereocenters. The number of hydrogen-bond acceptors (Lipinski definition) is 3. The van der Waals surface area contributed by atoms with Gasteiger partial charge in [0.25, 0.3) is 0 Å². The Morgan fingerprint density at radius 3 is 2.65 bits per heavy atom. The molecule has 0 aromatic carbocycles. The first-order valence-corrected chi connectivity index (χ1v) is 7.72. The molecule has 0 spiro atoms. The Balaban J connectivity index is 1.63. The minimum Gasteiger partial charge on any atom is -0.307 e. The second-order valence-corrected chi connectivity index (χ2v) is 6.40. The van der Waals surface area contributed by atoms with Crippen molar-refractivity contribution >= 4 is 0 Å². The molecule has 0 saturated carbocycles. The van der Waals surface area contributed by atoms with E-state index >= 15 is 0 Å². The Morgan fingerprint density at radius 1 is 1.30 bits per heavy atom. The fourth-order valence-electron chi connectivity index (χ4n) is 3.87. The third kappa shape index (κ3) is 2.86. The number of nitrogens with zero attached hydrogens (tertiary/aromatic N) is 2. The van der Waals surface area contributed by atoms with Gasteiger partial charge in [0.05, 0.1) is 6.20 Å². The molecule has 3 heterocycles. The highest BCUT2D eigenvalue weighted by atomic mass is 19.1. The number of pyridine rings is 1. The summed E-state index contributed by atoms with van der Waals surface area (Å²) < 4.78 is 13.2. The Bertz CT molecular complexity index is 451. The molecule has 3 rings (SSSR count). The second kappa shape index (κ2) is 5.78. The average molecular weight is 277 g/mol. The highest BCUT2D eigenvalue weighted by Gasteiger charge is 2.36.